The normalized spacial score (nSPS) is 14.8. The first-order valence-corrected chi connectivity index (χ1v) is 8.10. The Labute approximate surface area is 122 Å². The Morgan fingerprint density at radius 1 is 1.32 bits per heavy atom. The number of aryl methyl sites for hydroxylation is 1. The maximum atomic E-state index is 5.09. The summed E-state index contributed by atoms with van der Waals surface area (Å²) in [6, 6.07) is 4.58. The van der Waals surface area contributed by atoms with Gasteiger partial charge >= 0.3 is 0 Å². The lowest BCUT2D eigenvalue weighted by Gasteiger charge is -2.34. The SMILES string of the molecule is CCc1ccc(CC(C)(CNCCOC)C(C)C)s1. The van der Waals surface area contributed by atoms with E-state index in [4.69, 9.17) is 4.74 Å². The van der Waals surface area contributed by atoms with Crippen LogP contribution in [0, 0.1) is 11.3 Å². The number of hydrogen-bond acceptors (Lipinski definition) is 3. The van der Waals surface area contributed by atoms with Gasteiger partial charge in [0.1, 0.15) is 0 Å². The Balaban J connectivity index is 2.59. The third kappa shape index (κ3) is 5.25. The fourth-order valence-electron chi connectivity index (χ4n) is 2.12. The summed E-state index contributed by atoms with van der Waals surface area (Å²) in [6.45, 7) is 12.0. The highest BCUT2D eigenvalue weighted by Gasteiger charge is 2.28. The minimum absolute atomic E-state index is 0.309. The van der Waals surface area contributed by atoms with Gasteiger partial charge in [0, 0.05) is 30.0 Å². The van der Waals surface area contributed by atoms with Gasteiger partial charge in [-0.1, -0.05) is 27.7 Å². The van der Waals surface area contributed by atoms with E-state index in [0.717, 1.165) is 32.5 Å². The van der Waals surface area contributed by atoms with Crippen LogP contribution >= 0.6 is 11.3 Å². The van der Waals surface area contributed by atoms with Crippen LogP contribution < -0.4 is 5.32 Å². The van der Waals surface area contributed by atoms with Crippen LogP contribution in [-0.4, -0.2) is 26.8 Å². The predicted molar refractivity (Wildman–Crippen MR) is 85.1 cm³/mol. The van der Waals surface area contributed by atoms with Crippen molar-refractivity contribution in [2.24, 2.45) is 11.3 Å². The zero-order valence-electron chi connectivity index (χ0n) is 13.1. The third-order valence-corrected chi connectivity index (χ3v) is 5.28. The van der Waals surface area contributed by atoms with E-state index in [2.05, 4.69) is 45.1 Å². The number of hydrogen-bond donors (Lipinski definition) is 1. The first kappa shape index (κ1) is 16.7. The van der Waals surface area contributed by atoms with Gasteiger partial charge in [0.15, 0.2) is 0 Å². The Hall–Kier alpha value is -0.380. The second kappa shape index (κ2) is 8.03. The largest absolute Gasteiger partial charge is 0.383 e. The molecule has 0 amide bonds. The number of thiophene rings is 1. The standard InChI is InChI=1S/C16H29NOS/c1-6-14-7-8-15(19-14)11-16(4,13(2)3)12-17-9-10-18-5/h7-8,13,17H,6,9-12H2,1-5H3. The van der Waals surface area contributed by atoms with Crippen molar-refractivity contribution in [1.29, 1.82) is 0 Å². The van der Waals surface area contributed by atoms with Gasteiger partial charge in [-0.2, -0.15) is 0 Å². The van der Waals surface area contributed by atoms with Crippen molar-refractivity contribution >= 4 is 11.3 Å². The van der Waals surface area contributed by atoms with Gasteiger partial charge in [-0.25, -0.2) is 0 Å². The molecule has 1 atom stereocenters. The van der Waals surface area contributed by atoms with E-state index in [-0.39, 0.29) is 0 Å². The molecule has 0 radical (unpaired) electrons. The average Bonchev–Trinajstić information content (AvgIpc) is 2.82. The van der Waals surface area contributed by atoms with E-state index >= 15 is 0 Å². The molecule has 0 saturated heterocycles. The molecule has 0 bridgehead atoms. The van der Waals surface area contributed by atoms with E-state index in [0.29, 0.717) is 11.3 Å². The quantitative estimate of drug-likeness (QED) is 0.697. The summed E-state index contributed by atoms with van der Waals surface area (Å²) >= 11 is 1.97. The van der Waals surface area contributed by atoms with Gasteiger partial charge in [0.2, 0.25) is 0 Å². The summed E-state index contributed by atoms with van der Waals surface area (Å²) in [6.07, 6.45) is 2.31. The lowest BCUT2D eigenvalue weighted by atomic mass is 9.76. The van der Waals surface area contributed by atoms with Crippen molar-refractivity contribution in [2.75, 3.05) is 26.8 Å². The minimum Gasteiger partial charge on any atom is -0.383 e. The summed E-state index contributed by atoms with van der Waals surface area (Å²) in [5, 5.41) is 3.53. The summed E-state index contributed by atoms with van der Waals surface area (Å²) < 4.78 is 5.09. The molecule has 1 aromatic heterocycles. The summed E-state index contributed by atoms with van der Waals surface area (Å²) in [7, 11) is 1.75. The number of ether oxygens (including phenoxy) is 1. The molecule has 0 aliphatic heterocycles. The summed E-state index contributed by atoms with van der Waals surface area (Å²) in [4.78, 5) is 3.01. The van der Waals surface area contributed by atoms with Crippen molar-refractivity contribution in [1.82, 2.24) is 5.32 Å². The fraction of sp³-hybridized carbons (Fsp3) is 0.750. The highest BCUT2D eigenvalue weighted by atomic mass is 32.1. The number of nitrogens with one attached hydrogen (secondary N) is 1. The van der Waals surface area contributed by atoms with E-state index in [1.54, 1.807) is 7.11 Å². The first-order valence-electron chi connectivity index (χ1n) is 7.29. The van der Waals surface area contributed by atoms with Crippen LogP contribution in [0.5, 0.6) is 0 Å². The summed E-state index contributed by atoms with van der Waals surface area (Å²) in [5.74, 6) is 0.662. The third-order valence-electron chi connectivity index (χ3n) is 4.05. The van der Waals surface area contributed by atoms with E-state index in [1.165, 1.54) is 9.75 Å². The molecule has 0 aliphatic rings. The molecule has 3 heteroatoms. The van der Waals surface area contributed by atoms with Crippen LogP contribution in [0.1, 0.15) is 37.4 Å². The molecule has 1 rings (SSSR count). The average molecular weight is 283 g/mol. The van der Waals surface area contributed by atoms with Crippen molar-refractivity contribution < 1.29 is 4.74 Å². The molecule has 1 heterocycles. The molecular formula is C16H29NOS. The fourth-order valence-corrected chi connectivity index (χ4v) is 3.28. The molecule has 19 heavy (non-hydrogen) atoms. The molecule has 1 N–H and O–H groups in total. The second-order valence-electron chi connectivity index (χ2n) is 5.88. The maximum absolute atomic E-state index is 5.09. The van der Waals surface area contributed by atoms with Crippen molar-refractivity contribution in [2.45, 2.75) is 40.5 Å². The number of rotatable bonds is 9. The molecular weight excluding hydrogens is 254 g/mol. The van der Waals surface area contributed by atoms with Crippen molar-refractivity contribution in [3.8, 4) is 0 Å². The van der Waals surface area contributed by atoms with Gasteiger partial charge in [0.05, 0.1) is 6.61 Å². The molecule has 0 spiro atoms. The predicted octanol–water partition coefficient (Wildman–Crippen LogP) is 3.75. The monoisotopic (exact) mass is 283 g/mol. The van der Waals surface area contributed by atoms with Gasteiger partial charge in [-0.3, -0.25) is 0 Å². The van der Waals surface area contributed by atoms with Crippen LogP contribution in [-0.2, 0) is 17.6 Å². The molecule has 0 aromatic carbocycles. The van der Waals surface area contributed by atoms with Crippen LogP contribution in [0.15, 0.2) is 12.1 Å². The van der Waals surface area contributed by atoms with Crippen LogP contribution in [0.4, 0.5) is 0 Å². The van der Waals surface area contributed by atoms with Gasteiger partial charge in [-0.15, -0.1) is 11.3 Å². The van der Waals surface area contributed by atoms with Crippen LogP contribution in [0.3, 0.4) is 0 Å². The Morgan fingerprint density at radius 3 is 2.53 bits per heavy atom. The Bertz CT molecular complexity index is 361. The lowest BCUT2D eigenvalue weighted by molar-refractivity contribution is 0.176. The minimum atomic E-state index is 0.309. The van der Waals surface area contributed by atoms with E-state index in [9.17, 15) is 0 Å². The molecule has 1 aromatic rings. The smallest absolute Gasteiger partial charge is 0.0587 e. The van der Waals surface area contributed by atoms with Crippen LogP contribution in [0.25, 0.3) is 0 Å². The van der Waals surface area contributed by atoms with E-state index in [1.807, 2.05) is 11.3 Å². The van der Waals surface area contributed by atoms with Crippen LogP contribution in [0.2, 0.25) is 0 Å². The van der Waals surface area contributed by atoms with Crippen molar-refractivity contribution in [3.05, 3.63) is 21.9 Å². The highest BCUT2D eigenvalue weighted by molar-refractivity contribution is 7.11. The number of methoxy groups -OCH3 is 1. The second-order valence-corrected chi connectivity index (χ2v) is 7.13. The molecule has 110 valence electrons. The molecule has 0 fully saturated rings. The first-order chi connectivity index (χ1) is 9.01. The summed E-state index contributed by atoms with van der Waals surface area (Å²) in [5.41, 5.74) is 0.309. The zero-order chi connectivity index (χ0) is 14.3. The maximum Gasteiger partial charge on any atom is 0.0587 e. The Kier molecular flexibility index (Phi) is 7.05. The molecule has 0 saturated carbocycles. The Morgan fingerprint density at radius 2 is 2.00 bits per heavy atom. The lowest BCUT2D eigenvalue weighted by Crippen LogP contribution is -2.38. The molecule has 2 nitrogen and oxygen atoms in total. The van der Waals surface area contributed by atoms with Gasteiger partial charge < -0.3 is 10.1 Å². The highest BCUT2D eigenvalue weighted by Crippen LogP contribution is 2.33. The molecule has 0 aliphatic carbocycles. The zero-order valence-corrected chi connectivity index (χ0v) is 13.9. The van der Waals surface area contributed by atoms with Crippen molar-refractivity contribution in [3.63, 3.8) is 0 Å². The van der Waals surface area contributed by atoms with Gasteiger partial charge in [-0.05, 0) is 36.3 Å². The van der Waals surface area contributed by atoms with Gasteiger partial charge in [0.25, 0.3) is 0 Å². The van der Waals surface area contributed by atoms with E-state index < -0.39 is 0 Å². The molecule has 1 unspecified atom stereocenters. The topological polar surface area (TPSA) is 21.3 Å².